The standard InChI is InChI=1S/C8H12ClF/c1-2-6-3-4-7(9)8(10)5-6/h2,6-8H,1,3-5H2. The summed E-state index contributed by atoms with van der Waals surface area (Å²) in [5, 5.41) is -0.254. The van der Waals surface area contributed by atoms with Crippen LogP contribution in [-0.2, 0) is 0 Å². The molecule has 0 spiro atoms. The first-order chi connectivity index (χ1) is 4.74. The summed E-state index contributed by atoms with van der Waals surface area (Å²) in [6, 6.07) is 0. The molecule has 0 aliphatic heterocycles. The van der Waals surface area contributed by atoms with Gasteiger partial charge in [0, 0.05) is 0 Å². The molecule has 0 aromatic rings. The molecule has 0 N–H and O–H groups in total. The van der Waals surface area contributed by atoms with Crippen LogP contribution in [0, 0.1) is 5.92 Å². The molecule has 10 heavy (non-hydrogen) atoms. The van der Waals surface area contributed by atoms with Crippen molar-refractivity contribution in [3.63, 3.8) is 0 Å². The average Bonchev–Trinajstić information content (AvgIpc) is 1.95. The molecule has 0 heterocycles. The molecular formula is C8H12ClF. The van der Waals surface area contributed by atoms with Crippen molar-refractivity contribution in [2.45, 2.75) is 30.8 Å². The first kappa shape index (κ1) is 8.06. The Kier molecular flexibility index (Phi) is 2.72. The topological polar surface area (TPSA) is 0 Å². The van der Waals surface area contributed by atoms with Crippen molar-refractivity contribution in [2.75, 3.05) is 0 Å². The fraction of sp³-hybridized carbons (Fsp3) is 0.750. The molecule has 0 bridgehead atoms. The molecule has 3 atom stereocenters. The van der Waals surface area contributed by atoms with E-state index in [0.29, 0.717) is 12.3 Å². The molecule has 0 amide bonds. The highest BCUT2D eigenvalue weighted by atomic mass is 35.5. The minimum absolute atomic E-state index is 0.254. The molecule has 0 nitrogen and oxygen atoms in total. The van der Waals surface area contributed by atoms with Gasteiger partial charge in [0.15, 0.2) is 0 Å². The molecular weight excluding hydrogens is 151 g/mol. The van der Waals surface area contributed by atoms with Crippen LogP contribution in [0.5, 0.6) is 0 Å². The highest BCUT2D eigenvalue weighted by Crippen LogP contribution is 2.30. The number of hydrogen-bond donors (Lipinski definition) is 0. The molecule has 3 unspecified atom stereocenters. The van der Waals surface area contributed by atoms with Crippen LogP contribution in [0.15, 0.2) is 12.7 Å². The van der Waals surface area contributed by atoms with Gasteiger partial charge in [-0.25, -0.2) is 4.39 Å². The number of hydrogen-bond acceptors (Lipinski definition) is 0. The maximum absolute atomic E-state index is 12.8. The lowest BCUT2D eigenvalue weighted by Crippen LogP contribution is -2.25. The van der Waals surface area contributed by atoms with E-state index in [1.165, 1.54) is 0 Å². The van der Waals surface area contributed by atoms with Gasteiger partial charge in [0.2, 0.25) is 0 Å². The van der Waals surface area contributed by atoms with Crippen molar-refractivity contribution >= 4 is 11.6 Å². The van der Waals surface area contributed by atoms with E-state index in [1.54, 1.807) is 0 Å². The zero-order chi connectivity index (χ0) is 7.56. The second kappa shape index (κ2) is 3.38. The fourth-order valence-electron chi connectivity index (χ4n) is 1.32. The zero-order valence-electron chi connectivity index (χ0n) is 5.89. The van der Waals surface area contributed by atoms with E-state index in [0.717, 1.165) is 12.8 Å². The monoisotopic (exact) mass is 162 g/mol. The van der Waals surface area contributed by atoms with Gasteiger partial charge < -0.3 is 0 Å². The molecule has 2 heteroatoms. The predicted molar refractivity (Wildman–Crippen MR) is 42.1 cm³/mol. The molecule has 1 rings (SSSR count). The smallest absolute Gasteiger partial charge is 0.117 e. The molecule has 1 saturated carbocycles. The van der Waals surface area contributed by atoms with Crippen LogP contribution in [0.25, 0.3) is 0 Å². The van der Waals surface area contributed by atoms with Crippen LogP contribution < -0.4 is 0 Å². The van der Waals surface area contributed by atoms with Crippen molar-refractivity contribution in [1.29, 1.82) is 0 Å². The van der Waals surface area contributed by atoms with E-state index >= 15 is 0 Å². The first-order valence-corrected chi connectivity index (χ1v) is 4.08. The first-order valence-electron chi connectivity index (χ1n) is 3.64. The normalized spacial score (nSPS) is 41.2. The molecule has 0 aromatic carbocycles. The number of alkyl halides is 2. The van der Waals surface area contributed by atoms with E-state index < -0.39 is 6.17 Å². The van der Waals surface area contributed by atoms with E-state index in [9.17, 15) is 4.39 Å². The summed E-state index contributed by atoms with van der Waals surface area (Å²) in [7, 11) is 0. The van der Waals surface area contributed by atoms with Crippen molar-refractivity contribution < 1.29 is 4.39 Å². The van der Waals surface area contributed by atoms with Gasteiger partial charge in [-0.05, 0) is 25.2 Å². The minimum atomic E-state index is -0.821. The zero-order valence-corrected chi connectivity index (χ0v) is 6.65. The SMILES string of the molecule is C=CC1CCC(Cl)C(F)C1. The van der Waals surface area contributed by atoms with E-state index in [-0.39, 0.29) is 5.38 Å². The summed E-state index contributed by atoms with van der Waals surface area (Å²) in [5.74, 6) is 0.352. The highest BCUT2D eigenvalue weighted by Gasteiger charge is 2.27. The van der Waals surface area contributed by atoms with Gasteiger partial charge in [-0.2, -0.15) is 0 Å². The van der Waals surface area contributed by atoms with E-state index in [1.807, 2.05) is 6.08 Å². The Bertz CT molecular complexity index is 124. The largest absolute Gasteiger partial charge is 0.246 e. The third kappa shape index (κ3) is 1.72. The maximum Gasteiger partial charge on any atom is 0.117 e. The Morgan fingerprint density at radius 2 is 2.20 bits per heavy atom. The van der Waals surface area contributed by atoms with Gasteiger partial charge in [0.25, 0.3) is 0 Å². The molecule has 1 aliphatic rings. The quantitative estimate of drug-likeness (QED) is 0.411. The lowest BCUT2D eigenvalue weighted by Gasteiger charge is -2.25. The maximum atomic E-state index is 12.8. The third-order valence-corrected chi connectivity index (χ3v) is 2.56. The van der Waals surface area contributed by atoms with Crippen LogP contribution in [0.2, 0.25) is 0 Å². The van der Waals surface area contributed by atoms with Gasteiger partial charge in [-0.1, -0.05) is 6.08 Å². The number of rotatable bonds is 1. The predicted octanol–water partition coefficient (Wildman–Crippen LogP) is 2.92. The summed E-state index contributed by atoms with van der Waals surface area (Å²) in [5.41, 5.74) is 0. The van der Waals surface area contributed by atoms with Crippen LogP contribution in [-0.4, -0.2) is 11.5 Å². The molecule has 1 aliphatic carbocycles. The van der Waals surface area contributed by atoms with Crippen LogP contribution in [0.4, 0.5) is 4.39 Å². The highest BCUT2D eigenvalue weighted by molar-refractivity contribution is 6.21. The number of allylic oxidation sites excluding steroid dienone is 1. The van der Waals surface area contributed by atoms with Gasteiger partial charge >= 0.3 is 0 Å². The average molecular weight is 163 g/mol. The van der Waals surface area contributed by atoms with E-state index in [2.05, 4.69) is 6.58 Å². The molecule has 1 fully saturated rings. The summed E-state index contributed by atoms with van der Waals surface area (Å²) < 4.78 is 12.8. The summed E-state index contributed by atoms with van der Waals surface area (Å²) >= 11 is 5.68. The Morgan fingerprint density at radius 3 is 2.70 bits per heavy atom. The van der Waals surface area contributed by atoms with Gasteiger partial charge in [0.05, 0.1) is 5.38 Å². The fourth-order valence-corrected chi connectivity index (χ4v) is 1.55. The Balaban J connectivity index is 2.40. The van der Waals surface area contributed by atoms with Crippen molar-refractivity contribution in [1.82, 2.24) is 0 Å². The Morgan fingerprint density at radius 1 is 1.50 bits per heavy atom. The minimum Gasteiger partial charge on any atom is -0.246 e. The molecule has 0 radical (unpaired) electrons. The summed E-state index contributed by atoms with van der Waals surface area (Å²) in [6.07, 6.45) is 3.36. The van der Waals surface area contributed by atoms with Gasteiger partial charge in [0.1, 0.15) is 6.17 Å². The molecule has 58 valence electrons. The second-order valence-electron chi connectivity index (χ2n) is 2.84. The second-order valence-corrected chi connectivity index (χ2v) is 3.40. The van der Waals surface area contributed by atoms with Gasteiger partial charge in [-0.3, -0.25) is 0 Å². The third-order valence-electron chi connectivity index (χ3n) is 2.07. The van der Waals surface area contributed by atoms with Crippen LogP contribution in [0.1, 0.15) is 19.3 Å². The van der Waals surface area contributed by atoms with Crippen LogP contribution >= 0.6 is 11.6 Å². The lowest BCUT2D eigenvalue weighted by molar-refractivity contribution is 0.226. The van der Waals surface area contributed by atoms with Crippen LogP contribution in [0.3, 0.4) is 0 Å². The Labute approximate surface area is 66.1 Å². The molecule has 0 saturated heterocycles. The van der Waals surface area contributed by atoms with Crippen molar-refractivity contribution in [2.24, 2.45) is 5.92 Å². The Hall–Kier alpha value is -0.0400. The molecule has 0 aromatic heterocycles. The van der Waals surface area contributed by atoms with E-state index in [4.69, 9.17) is 11.6 Å². The number of halogens is 2. The summed E-state index contributed by atoms with van der Waals surface area (Å²) in [4.78, 5) is 0. The van der Waals surface area contributed by atoms with Gasteiger partial charge in [-0.15, -0.1) is 18.2 Å². The van der Waals surface area contributed by atoms with Crippen molar-refractivity contribution in [3.8, 4) is 0 Å². The summed E-state index contributed by atoms with van der Waals surface area (Å²) in [6.45, 7) is 3.63. The lowest BCUT2D eigenvalue weighted by atomic mass is 9.88. The van der Waals surface area contributed by atoms with Crippen molar-refractivity contribution in [3.05, 3.63) is 12.7 Å².